The normalized spacial score (nSPS) is 17.9. The molecule has 0 spiro atoms. The quantitative estimate of drug-likeness (QED) is 0.501. The molecule has 0 radical (unpaired) electrons. The minimum absolute atomic E-state index is 0.0231. The third kappa shape index (κ3) is 5.06. The number of carbonyl (C=O) groups excluding carboxylic acids is 2. The van der Waals surface area contributed by atoms with Crippen molar-refractivity contribution in [1.29, 1.82) is 0 Å². The highest BCUT2D eigenvalue weighted by atomic mass is 16.6. The molecule has 1 saturated heterocycles. The molecule has 2 heterocycles. The van der Waals surface area contributed by atoms with Crippen molar-refractivity contribution in [2.24, 2.45) is 0 Å². The third-order valence-corrected chi connectivity index (χ3v) is 4.96. The summed E-state index contributed by atoms with van der Waals surface area (Å²) < 4.78 is 16.0. The minimum Gasteiger partial charge on any atom is -0.501 e. The monoisotopic (exact) mass is 447 g/mol. The lowest BCUT2D eigenvalue weighted by Gasteiger charge is -2.28. The van der Waals surface area contributed by atoms with Crippen molar-refractivity contribution >= 4 is 12.1 Å². The third-order valence-electron chi connectivity index (χ3n) is 4.96. The van der Waals surface area contributed by atoms with E-state index in [0.717, 1.165) is 5.56 Å². The predicted molar refractivity (Wildman–Crippen MR) is 110 cm³/mol. The molecule has 1 fully saturated rings. The summed E-state index contributed by atoms with van der Waals surface area (Å²) in [5.41, 5.74) is -1.99. The van der Waals surface area contributed by atoms with Crippen LogP contribution in [-0.4, -0.2) is 70.1 Å². The van der Waals surface area contributed by atoms with E-state index in [0.29, 0.717) is 0 Å². The van der Waals surface area contributed by atoms with Gasteiger partial charge in [-0.15, -0.1) is 0 Å². The van der Waals surface area contributed by atoms with E-state index >= 15 is 0 Å². The minimum atomic E-state index is -1.32. The van der Waals surface area contributed by atoms with E-state index in [9.17, 15) is 24.6 Å². The summed E-state index contributed by atoms with van der Waals surface area (Å²) in [6.07, 6.45) is -0.376. The van der Waals surface area contributed by atoms with Gasteiger partial charge in [0.1, 0.15) is 18.0 Å². The van der Waals surface area contributed by atoms with Crippen LogP contribution in [0.2, 0.25) is 0 Å². The number of likely N-dealkylation sites (tertiary alicyclic amines) is 1. The number of aliphatic hydroxyl groups excluding tert-OH is 1. The van der Waals surface area contributed by atoms with Gasteiger partial charge in [-0.3, -0.25) is 4.79 Å². The lowest BCUT2D eigenvalue weighted by molar-refractivity contribution is -0.0611. The Morgan fingerprint density at radius 2 is 2.00 bits per heavy atom. The van der Waals surface area contributed by atoms with Crippen LogP contribution in [0.15, 0.2) is 35.1 Å². The number of ether oxygens (including phenoxy) is 3. The number of aromatic nitrogens is 2. The van der Waals surface area contributed by atoms with Gasteiger partial charge in [0.25, 0.3) is 5.56 Å². The summed E-state index contributed by atoms with van der Waals surface area (Å²) in [4.78, 5) is 44.9. The molecule has 2 aromatic rings. The van der Waals surface area contributed by atoms with Crippen LogP contribution < -0.4 is 5.56 Å². The van der Waals surface area contributed by atoms with Gasteiger partial charge in [-0.2, -0.15) is 0 Å². The molecular formula is C21H25N3O8. The molecule has 1 aromatic carbocycles. The number of H-pyrrole nitrogens is 1. The molecule has 172 valence electrons. The molecule has 11 nitrogen and oxygen atoms in total. The summed E-state index contributed by atoms with van der Waals surface area (Å²) >= 11 is 0. The van der Waals surface area contributed by atoms with Crippen LogP contribution in [0.25, 0.3) is 0 Å². The van der Waals surface area contributed by atoms with E-state index in [-0.39, 0.29) is 51.8 Å². The smallest absolute Gasteiger partial charge is 0.410 e. The van der Waals surface area contributed by atoms with E-state index in [2.05, 4.69) is 9.97 Å². The lowest BCUT2D eigenvalue weighted by Crippen LogP contribution is -2.40. The second-order valence-corrected chi connectivity index (χ2v) is 7.11. The van der Waals surface area contributed by atoms with Gasteiger partial charge >= 0.3 is 12.1 Å². The summed E-state index contributed by atoms with van der Waals surface area (Å²) in [5, 5.41) is 19.2. The van der Waals surface area contributed by atoms with Crippen LogP contribution in [0, 0.1) is 0 Å². The second kappa shape index (κ2) is 10.2. The van der Waals surface area contributed by atoms with Crippen LogP contribution in [0.3, 0.4) is 0 Å². The molecule has 0 bridgehead atoms. The first-order valence-electron chi connectivity index (χ1n) is 10.1. The number of benzene rings is 1. The molecule has 1 amide bonds. The van der Waals surface area contributed by atoms with Gasteiger partial charge in [-0.1, -0.05) is 30.3 Å². The Morgan fingerprint density at radius 3 is 2.69 bits per heavy atom. The van der Waals surface area contributed by atoms with Gasteiger partial charge in [0.05, 0.1) is 26.4 Å². The average Bonchev–Trinajstić information content (AvgIpc) is 3.24. The van der Waals surface area contributed by atoms with Crippen molar-refractivity contribution in [3.63, 3.8) is 0 Å². The van der Waals surface area contributed by atoms with Gasteiger partial charge in [-0.05, 0) is 12.5 Å². The molecule has 1 aliphatic rings. The first kappa shape index (κ1) is 23.2. The highest BCUT2D eigenvalue weighted by Gasteiger charge is 2.46. The molecule has 3 N–H and O–H groups in total. The van der Waals surface area contributed by atoms with E-state index in [1.807, 2.05) is 30.3 Å². The summed E-state index contributed by atoms with van der Waals surface area (Å²) in [6.45, 7) is 1.44. The maximum atomic E-state index is 12.6. The molecule has 0 saturated carbocycles. The molecule has 3 rings (SSSR count). The maximum absolute atomic E-state index is 12.6. The zero-order chi connectivity index (χ0) is 23.1. The number of esters is 1. The molecular weight excluding hydrogens is 422 g/mol. The summed E-state index contributed by atoms with van der Waals surface area (Å²) in [6, 6.07) is 9.18. The number of nitrogens with zero attached hydrogens (tertiary/aromatic N) is 2. The van der Waals surface area contributed by atoms with Gasteiger partial charge in [0.2, 0.25) is 5.75 Å². The number of aromatic hydroxyl groups is 1. The molecule has 32 heavy (non-hydrogen) atoms. The van der Waals surface area contributed by atoms with Crippen LogP contribution >= 0.6 is 0 Å². The Kier molecular flexibility index (Phi) is 7.44. The lowest BCUT2D eigenvalue weighted by atomic mass is 10.0. The van der Waals surface area contributed by atoms with Crippen molar-refractivity contribution in [2.45, 2.75) is 25.6 Å². The molecule has 1 aliphatic heterocycles. The van der Waals surface area contributed by atoms with Gasteiger partial charge in [0.15, 0.2) is 5.69 Å². The van der Waals surface area contributed by atoms with Gasteiger partial charge < -0.3 is 34.3 Å². The number of hydrogen-bond donors (Lipinski definition) is 3. The Morgan fingerprint density at radius 1 is 1.25 bits per heavy atom. The van der Waals surface area contributed by atoms with E-state index in [4.69, 9.17) is 14.2 Å². The van der Waals surface area contributed by atoms with E-state index in [1.165, 1.54) is 4.90 Å². The van der Waals surface area contributed by atoms with Crippen LogP contribution in [0.1, 0.15) is 35.2 Å². The number of hydrogen-bond acceptors (Lipinski definition) is 9. The average molecular weight is 447 g/mol. The van der Waals surface area contributed by atoms with Gasteiger partial charge in [0, 0.05) is 13.0 Å². The van der Waals surface area contributed by atoms with Crippen molar-refractivity contribution in [3.05, 3.63) is 57.8 Å². The first-order valence-corrected chi connectivity index (χ1v) is 10.1. The van der Waals surface area contributed by atoms with Crippen LogP contribution in [0.5, 0.6) is 5.75 Å². The predicted octanol–water partition coefficient (Wildman–Crippen LogP) is 0.899. The van der Waals surface area contributed by atoms with E-state index < -0.39 is 34.7 Å². The standard InChI is InChI=1S/C21H25N3O8/c1-2-30-18(28)15-16(26)17(27)23-19(22-15)21(32-11-10-25)8-9-24(13-21)20(29)31-12-14-6-4-3-5-7-14/h3-7,25-26H,2,8-13H2,1H3,(H,22,23,27). The van der Waals surface area contributed by atoms with Crippen LogP contribution in [0.4, 0.5) is 4.79 Å². The SMILES string of the molecule is CCOC(=O)c1nc(C2(OCCO)CCN(C(=O)OCc3ccccc3)C2)[nH]c(=O)c1O. The fourth-order valence-corrected chi connectivity index (χ4v) is 3.39. The Labute approximate surface area is 183 Å². The molecule has 1 unspecified atom stereocenters. The summed E-state index contributed by atoms with van der Waals surface area (Å²) in [7, 11) is 0. The molecule has 1 atom stereocenters. The molecule has 0 aliphatic carbocycles. The molecule has 1 aromatic heterocycles. The van der Waals surface area contributed by atoms with Crippen molar-refractivity contribution in [2.75, 3.05) is 32.9 Å². The summed E-state index contributed by atoms with van der Waals surface area (Å²) in [5.74, 6) is -1.90. The topological polar surface area (TPSA) is 151 Å². The number of carbonyl (C=O) groups is 2. The second-order valence-electron chi connectivity index (χ2n) is 7.11. The molecule has 11 heteroatoms. The highest BCUT2D eigenvalue weighted by molar-refractivity contribution is 5.89. The number of nitrogens with one attached hydrogen (secondary N) is 1. The highest BCUT2D eigenvalue weighted by Crippen LogP contribution is 2.34. The Balaban J connectivity index is 1.84. The number of aliphatic hydroxyl groups is 1. The first-order chi connectivity index (χ1) is 15.4. The van der Waals surface area contributed by atoms with Crippen molar-refractivity contribution in [3.8, 4) is 5.75 Å². The fraction of sp³-hybridized carbons (Fsp3) is 0.429. The number of rotatable bonds is 8. The maximum Gasteiger partial charge on any atom is 0.410 e. The van der Waals surface area contributed by atoms with Gasteiger partial charge in [-0.25, -0.2) is 14.6 Å². The largest absolute Gasteiger partial charge is 0.501 e. The van der Waals surface area contributed by atoms with Crippen molar-refractivity contribution in [1.82, 2.24) is 14.9 Å². The Hall–Kier alpha value is -3.44. The van der Waals surface area contributed by atoms with Crippen LogP contribution in [-0.2, 0) is 26.4 Å². The van der Waals surface area contributed by atoms with E-state index in [1.54, 1.807) is 6.92 Å². The number of aromatic amines is 1. The Bertz CT molecular complexity index is 1010. The van der Waals surface area contributed by atoms with Crippen molar-refractivity contribution < 1.29 is 34.0 Å². The fourth-order valence-electron chi connectivity index (χ4n) is 3.39. The zero-order valence-corrected chi connectivity index (χ0v) is 17.6. The zero-order valence-electron chi connectivity index (χ0n) is 17.6. The number of amides is 1.